The van der Waals surface area contributed by atoms with Gasteiger partial charge in [-0.05, 0) is 18.6 Å². The second-order valence-electron chi connectivity index (χ2n) is 4.76. The van der Waals surface area contributed by atoms with E-state index in [9.17, 15) is 9.90 Å². The van der Waals surface area contributed by atoms with Gasteiger partial charge in [-0.3, -0.25) is 4.79 Å². The van der Waals surface area contributed by atoms with Crippen LogP contribution in [0.2, 0.25) is 0 Å². The van der Waals surface area contributed by atoms with Crippen molar-refractivity contribution in [2.75, 3.05) is 0 Å². The molecule has 0 saturated heterocycles. The largest absolute Gasteiger partial charge is 0.369 e. The highest BCUT2D eigenvalue weighted by Gasteiger charge is 2.38. The highest BCUT2D eigenvalue weighted by atomic mass is 16.3. The van der Waals surface area contributed by atoms with Gasteiger partial charge in [0.2, 0.25) is 0 Å². The van der Waals surface area contributed by atoms with Crippen LogP contribution >= 0.6 is 0 Å². The lowest BCUT2D eigenvalue weighted by Gasteiger charge is -2.28. The molecule has 2 atom stereocenters. The summed E-state index contributed by atoms with van der Waals surface area (Å²) >= 11 is 0. The van der Waals surface area contributed by atoms with Crippen molar-refractivity contribution < 1.29 is 9.90 Å². The molecule has 0 fully saturated rings. The number of aliphatic hydroxyl groups excluding tert-OH is 1. The van der Waals surface area contributed by atoms with Crippen LogP contribution in [-0.4, -0.2) is 15.9 Å². The number of fused-ring (bicyclic) bond motifs is 1. The Kier molecular flexibility index (Phi) is 2.84. The summed E-state index contributed by atoms with van der Waals surface area (Å²) in [5.74, 6) is -0.112. The number of benzene rings is 2. The van der Waals surface area contributed by atoms with E-state index in [0.29, 0.717) is 11.1 Å². The lowest BCUT2D eigenvalue weighted by molar-refractivity contribution is -0.000319. The van der Waals surface area contributed by atoms with Crippen molar-refractivity contribution in [1.82, 2.24) is 4.90 Å². The number of rotatable bonds is 2. The minimum absolute atomic E-state index is 0.112. The van der Waals surface area contributed by atoms with Crippen LogP contribution in [0.25, 0.3) is 0 Å². The van der Waals surface area contributed by atoms with Crippen molar-refractivity contribution in [2.24, 2.45) is 0 Å². The first-order valence-electron chi connectivity index (χ1n) is 6.35. The molecule has 0 bridgehead atoms. The van der Waals surface area contributed by atoms with Gasteiger partial charge in [-0.2, -0.15) is 0 Å². The fourth-order valence-corrected chi connectivity index (χ4v) is 2.60. The molecule has 0 aliphatic carbocycles. The average molecular weight is 253 g/mol. The molecular weight excluding hydrogens is 238 g/mol. The molecular formula is C16H15NO2. The van der Waals surface area contributed by atoms with Gasteiger partial charge in [0.25, 0.3) is 5.91 Å². The number of carbonyl (C=O) groups is 1. The van der Waals surface area contributed by atoms with E-state index in [1.165, 1.54) is 4.90 Å². The topological polar surface area (TPSA) is 40.5 Å². The predicted molar refractivity (Wildman–Crippen MR) is 72.4 cm³/mol. The minimum atomic E-state index is -0.862. The molecule has 0 radical (unpaired) electrons. The van der Waals surface area contributed by atoms with E-state index in [1.807, 2.05) is 49.4 Å². The van der Waals surface area contributed by atoms with Crippen LogP contribution < -0.4 is 0 Å². The third-order valence-electron chi connectivity index (χ3n) is 3.67. The number of amides is 1. The zero-order valence-corrected chi connectivity index (χ0v) is 10.7. The molecule has 2 aromatic carbocycles. The van der Waals surface area contributed by atoms with Gasteiger partial charge in [-0.1, -0.05) is 48.5 Å². The smallest absolute Gasteiger partial charge is 0.257 e. The lowest BCUT2D eigenvalue weighted by atomic mass is 10.1. The van der Waals surface area contributed by atoms with Crippen molar-refractivity contribution in [3.63, 3.8) is 0 Å². The second kappa shape index (κ2) is 4.52. The summed E-state index contributed by atoms with van der Waals surface area (Å²) in [6.45, 7) is 1.93. The molecule has 3 nitrogen and oxygen atoms in total. The summed E-state index contributed by atoms with van der Waals surface area (Å²) in [5.41, 5.74) is 2.30. The maximum absolute atomic E-state index is 12.4. The normalized spacial score (nSPS) is 19.4. The molecule has 1 unspecified atom stereocenters. The Labute approximate surface area is 112 Å². The van der Waals surface area contributed by atoms with Gasteiger partial charge in [-0.15, -0.1) is 0 Å². The maximum atomic E-state index is 12.4. The first kappa shape index (κ1) is 11.9. The van der Waals surface area contributed by atoms with E-state index in [2.05, 4.69) is 0 Å². The molecule has 0 aromatic heterocycles. The van der Waals surface area contributed by atoms with Gasteiger partial charge in [0.1, 0.15) is 0 Å². The molecule has 19 heavy (non-hydrogen) atoms. The Morgan fingerprint density at radius 3 is 2.37 bits per heavy atom. The van der Waals surface area contributed by atoms with Crippen LogP contribution in [0, 0.1) is 0 Å². The van der Waals surface area contributed by atoms with E-state index in [-0.39, 0.29) is 11.9 Å². The predicted octanol–water partition coefficient (Wildman–Crippen LogP) is 2.89. The van der Waals surface area contributed by atoms with Crippen molar-refractivity contribution >= 4 is 5.91 Å². The molecule has 1 aliphatic heterocycles. The third kappa shape index (κ3) is 1.83. The number of hydrogen-bond acceptors (Lipinski definition) is 2. The summed E-state index contributed by atoms with van der Waals surface area (Å²) in [5, 5.41) is 10.3. The van der Waals surface area contributed by atoms with Gasteiger partial charge in [0.05, 0.1) is 6.04 Å². The quantitative estimate of drug-likeness (QED) is 0.894. The summed E-state index contributed by atoms with van der Waals surface area (Å²) in [6, 6.07) is 16.8. The van der Waals surface area contributed by atoms with E-state index in [4.69, 9.17) is 0 Å². The molecule has 1 amide bonds. The number of hydrogen-bond donors (Lipinski definition) is 1. The third-order valence-corrected chi connectivity index (χ3v) is 3.67. The average Bonchev–Trinajstić information content (AvgIpc) is 2.72. The Bertz CT molecular complexity index is 609. The van der Waals surface area contributed by atoms with Gasteiger partial charge >= 0.3 is 0 Å². The second-order valence-corrected chi connectivity index (χ2v) is 4.76. The van der Waals surface area contributed by atoms with Crippen LogP contribution in [0.1, 0.15) is 40.7 Å². The SMILES string of the molecule is C[C@H](c1ccccc1)N1C(=O)c2ccccc2C1O. The van der Waals surface area contributed by atoms with Crippen LogP contribution in [0.4, 0.5) is 0 Å². The zero-order valence-electron chi connectivity index (χ0n) is 10.7. The Morgan fingerprint density at radius 1 is 1.05 bits per heavy atom. The zero-order chi connectivity index (χ0) is 13.4. The maximum Gasteiger partial charge on any atom is 0.257 e. The van der Waals surface area contributed by atoms with Crippen molar-refractivity contribution in [2.45, 2.75) is 19.2 Å². The first-order valence-corrected chi connectivity index (χ1v) is 6.35. The van der Waals surface area contributed by atoms with Gasteiger partial charge in [0.15, 0.2) is 6.23 Å². The summed E-state index contributed by atoms with van der Waals surface area (Å²) in [7, 11) is 0. The van der Waals surface area contributed by atoms with Gasteiger partial charge < -0.3 is 10.0 Å². The van der Waals surface area contributed by atoms with E-state index in [0.717, 1.165) is 5.56 Å². The van der Waals surface area contributed by atoms with E-state index in [1.54, 1.807) is 12.1 Å². The standard InChI is InChI=1S/C16H15NO2/c1-11(12-7-3-2-4-8-12)17-15(18)13-9-5-6-10-14(13)16(17)19/h2-11,15,18H,1H3/t11-,15?/m1/s1. The Hall–Kier alpha value is -2.13. The molecule has 0 saturated carbocycles. The van der Waals surface area contributed by atoms with E-state index >= 15 is 0 Å². The summed E-state index contributed by atoms with van der Waals surface area (Å²) in [4.78, 5) is 13.9. The molecule has 3 heteroatoms. The summed E-state index contributed by atoms with van der Waals surface area (Å²) in [6.07, 6.45) is -0.862. The molecule has 1 aliphatic rings. The lowest BCUT2D eigenvalue weighted by Crippen LogP contribution is -2.30. The van der Waals surface area contributed by atoms with E-state index < -0.39 is 6.23 Å². The van der Waals surface area contributed by atoms with Crippen molar-refractivity contribution in [3.05, 3.63) is 71.3 Å². The fraction of sp³-hybridized carbons (Fsp3) is 0.188. The molecule has 3 rings (SSSR count). The molecule has 0 spiro atoms. The van der Waals surface area contributed by atoms with Gasteiger partial charge in [0, 0.05) is 11.1 Å². The molecule has 1 heterocycles. The van der Waals surface area contributed by atoms with Crippen molar-refractivity contribution in [1.29, 1.82) is 0 Å². The van der Waals surface area contributed by atoms with Crippen LogP contribution in [-0.2, 0) is 0 Å². The number of aliphatic hydroxyl groups is 1. The Morgan fingerprint density at radius 2 is 1.68 bits per heavy atom. The van der Waals surface area contributed by atoms with Crippen molar-refractivity contribution in [3.8, 4) is 0 Å². The fourth-order valence-electron chi connectivity index (χ4n) is 2.60. The minimum Gasteiger partial charge on any atom is -0.369 e. The van der Waals surface area contributed by atoms with Crippen LogP contribution in [0.15, 0.2) is 54.6 Å². The van der Waals surface area contributed by atoms with Crippen LogP contribution in [0.5, 0.6) is 0 Å². The molecule has 2 aromatic rings. The number of carbonyl (C=O) groups excluding carboxylic acids is 1. The highest BCUT2D eigenvalue weighted by Crippen LogP contribution is 2.37. The Balaban J connectivity index is 1.98. The summed E-state index contributed by atoms with van der Waals surface area (Å²) < 4.78 is 0. The highest BCUT2D eigenvalue weighted by molar-refractivity contribution is 5.99. The number of nitrogens with zero attached hydrogens (tertiary/aromatic N) is 1. The first-order chi connectivity index (χ1) is 9.20. The molecule has 96 valence electrons. The van der Waals surface area contributed by atoms with Crippen LogP contribution in [0.3, 0.4) is 0 Å². The van der Waals surface area contributed by atoms with Gasteiger partial charge in [-0.25, -0.2) is 0 Å². The monoisotopic (exact) mass is 253 g/mol. The molecule has 1 N–H and O–H groups in total.